The molecule has 1 atom stereocenters. The van der Waals surface area contributed by atoms with Crippen molar-refractivity contribution < 1.29 is 14.6 Å². The molecule has 3 rings (SSSR count). The van der Waals surface area contributed by atoms with E-state index in [2.05, 4.69) is 12.2 Å². The number of alkyl carbamates (subject to hydrolysis) is 1. The molecule has 2 bridgehead atoms. The van der Waals surface area contributed by atoms with Gasteiger partial charge in [0.05, 0.1) is 0 Å². The fourth-order valence-electron chi connectivity index (χ4n) is 3.09. The van der Waals surface area contributed by atoms with E-state index in [9.17, 15) is 9.90 Å². The van der Waals surface area contributed by atoms with Crippen molar-refractivity contribution in [2.75, 3.05) is 6.61 Å². The maximum absolute atomic E-state index is 11.6. The first-order chi connectivity index (χ1) is 7.23. The predicted octanol–water partition coefficient (Wildman–Crippen LogP) is 1.67. The van der Waals surface area contributed by atoms with Crippen LogP contribution in [-0.4, -0.2) is 28.9 Å². The number of rotatable bonds is 2. The molecular formula is C12H21NO3. The third kappa shape index (κ3) is 1.51. The standard InChI is InChI=1S/C12H21NO3/c1-8-11(7-14)5-12(8,6-11)13-9(15)16-10(2,3)4/h8,14H,5-7H2,1-4H3,(H,13,15)/t8-,11?,12?/m0/s1. The van der Waals surface area contributed by atoms with Gasteiger partial charge in [-0.2, -0.15) is 0 Å². The molecule has 0 unspecified atom stereocenters. The second-order valence-corrected chi connectivity index (χ2v) is 6.38. The Balaban J connectivity index is 1.87. The number of aliphatic hydroxyl groups is 1. The van der Waals surface area contributed by atoms with E-state index in [0.29, 0.717) is 5.92 Å². The van der Waals surface area contributed by atoms with Crippen LogP contribution in [-0.2, 0) is 4.74 Å². The van der Waals surface area contributed by atoms with Crippen molar-refractivity contribution in [1.29, 1.82) is 0 Å². The van der Waals surface area contributed by atoms with Gasteiger partial charge >= 0.3 is 6.09 Å². The Labute approximate surface area is 96.4 Å². The van der Waals surface area contributed by atoms with E-state index in [4.69, 9.17) is 4.74 Å². The summed E-state index contributed by atoms with van der Waals surface area (Å²) in [5.41, 5.74) is -0.481. The lowest BCUT2D eigenvalue weighted by atomic mass is 9.33. The van der Waals surface area contributed by atoms with Gasteiger partial charge in [-0.15, -0.1) is 0 Å². The van der Waals surface area contributed by atoms with Crippen LogP contribution >= 0.6 is 0 Å². The predicted molar refractivity (Wildman–Crippen MR) is 60.0 cm³/mol. The van der Waals surface area contributed by atoms with Crippen LogP contribution in [0, 0.1) is 11.3 Å². The van der Waals surface area contributed by atoms with Gasteiger partial charge in [-0.25, -0.2) is 4.79 Å². The molecule has 16 heavy (non-hydrogen) atoms. The van der Waals surface area contributed by atoms with Gasteiger partial charge in [0, 0.05) is 17.6 Å². The number of carbonyl (C=O) groups is 1. The Bertz CT molecular complexity index is 313. The topological polar surface area (TPSA) is 58.6 Å². The summed E-state index contributed by atoms with van der Waals surface area (Å²) in [5.74, 6) is 0.359. The van der Waals surface area contributed by atoms with Crippen LogP contribution in [0.2, 0.25) is 0 Å². The van der Waals surface area contributed by atoms with Crippen molar-refractivity contribution in [3.05, 3.63) is 0 Å². The lowest BCUT2D eigenvalue weighted by Gasteiger charge is -2.75. The summed E-state index contributed by atoms with van der Waals surface area (Å²) in [4.78, 5) is 11.6. The van der Waals surface area contributed by atoms with E-state index < -0.39 is 5.60 Å². The second-order valence-electron chi connectivity index (χ2n) is 6.38. The van der Waals surface area contributed by atoms with Gasteiger partial charge < -0.3 is 15.2 Å². The molecule has 0 radical (unpaired) electrons. The molecule has 3 aliphatic rings. The summed E-state index contributed by atoms with van der Waals surface area (Å²) in [6.45, 7) is 7.88. The van der Waals surface area contributed by atoms with Crippen LogP contribution in [0.3, 0.4) is 0 Å². The highest BCUT2D eigenvalue weighted by Gasteiger charge is 2.74. The number of ether oxygens (including phenoxy) is 1. The lowest BCUT2D eigenvalue weighted by molar-refractivity contribution is -0.236. The van der Waals surface area contributed by atoms with Crippen LogP contribution in [0.5, 0.6) is 0 Å². The van der Waals surface area contributed by atoms with E-state index >= 15 is 0 Å². The van der Waals surface area contributed by atoms with Crippen LogP contribution in [0.1, 0.15) is 40.5 Å². The number of hydrogen-bond donors (Lipinski definition) is 2. The zero-order valence-electron chi connectivity index (χ0n) is 10.5. The summed E-state index contributed by atoms with van der Waals surface area (Å²) < 4.78 is 5.24. The van der Waals surface area contributed by atoms with Crippen LogP contribution in [0.25, 0.3) is 0 Å². The highest BCUT2D eigenvalue weighted by Crippen LogP contribution is 2.70. The Hall–Kier alpha value is -0.770. The summed E-state index contributed by atoms with van der Waals surface area (Å²) in [5, 5.41) is 12.2. The quantitative estimate of drug-likeness (QED) is 0.754. The number of nitrogens with one attached hydrogen (secondary N) is 1. The summed E-state index contributed by atoms with van der Waals surface area (Å²) in [6, 6.07) is 0. The SMILES string of the molecule is C[C@H]1C2(CO)CC1(NC(=O)OC(C)(C)C)C2. The van der Waals surface area contributed by atoms with E-state index in [1.807, 2.05) is 20.8 Å². The largest absolute Gasteiger partial charge is 0.444 e. The van der Waals surface area contributed by atoms with E-state index in [0.717, 1.165) is 12.8 Å². The molecule has 3 fully saturated rings. The first-order valence-electron chi connectivity index (χ1n) is 5.85. The zero-order chi connectivity index (χ0) is 12.2. The number of amides is 1. The highest BCUT2D eigenvalue weighted by atomic mass is 16.6. The normalized spacial score (nSPS) is 40.7. The molecule has 0 heterocycles. The molecule has 4 nitrogen and oxygen atoms in total. The summed E-state index contributed by atoms with van der Waals surface area (Å²) in [6.07, 6.45) is 1.43. The van der Waals surface area contributed by atoms with Crippen LogP contribution in [0.4, 0.5) is 4.79 Å². The molecule has 3 saturated carbocycles. The van der Waals surface area contributed by atoms with Crippen molar-refractivity contribution in [2.45, 2.75) is 51.7 Å². The van der Waals surface area contributed by atoms with Gasteiger partial charge in [0.1, 0.15) is 5.60 Å². The molecule has 1 amide bonds. The van der Waals surface area contributed by atoms with Gasteiger partial charge in [-0.05, 0) is 39.5 Å². The smallest absolute Gasteiger partial charge is 0.408 e. The maximum Gasteiger partial charge on any atom is 0.408 e. The molecule has 0 aromatic carbocycles. The van der Waals surface area contributed by atoms with E-state index in [1.54, 1.807) is 0 Å². The van der Waals surface area contributed by atoms with Crippen molar-refractivity contribution in [3.63, 3.8) is 0 Å². The van der Waals surface area contributed by atoms with Gasteiger partial charge in [0.15, 0.2) is 0 Å². The molecule has 92 valence electrons. The number of aliphatic hydroxyl groups excluding tert-OH is 1. The Morgan fingerprint density at radius 3 is 2.44 bits per heavy atom. The number of hydrogen-bond acceptors (Lipinski definition) is 3. The lowest BCUT2D eigenvalue weighted by Crippen LogP contribution is -2.82. The van der Waals surface area contributed by atoms with Crippen molar-refractivity contribution in [3.8, 4) is 0 Å². The van der Waals surface area contributed by atoms with Gasteiger partial charge in [-0.3, -0.25) is 0 Å². The Kier molecular flexibility index (Phi) is 2.29. The van der Waals surface area contributed by atoms with Crippen molar-refractivity contribution in [2.24, 2.45) is 11.3 Å². The second kappa shape index (κ2) is 3.13. The monoisotopic (exact) mass is 227 g/mol. The van der Waals surface area contributed by atoms with Crippen LogP contribution in [0.15, 0.2) is 0 Å². The van der Waals surface area contributed by atoms with Crippen molar-refractivity contribution in [1.82, 2.24) is 5.32 Å². The van der Waals surface area contributed by atoms with Gasteiger partial charge in [0.25, 0.3) is 0 Å². The third-order valence-corrected chi connectivity index (χ3v) is 4.15. The molecule has 0 aliphatic heterocycles. The van der Waals surface area contributed by atoms with E-state index in [1.165, 1.54) is 0 Å². The van der Waals surface area contributed by atoms with E-state index in [-0.39, 0.29) is 23.7 Å². The number of carbonyl (C=O) groups excluding carboxylic acids is 1. The minimum atomic E-state index is -0.453. The minimum Gasteiger partial charge on any atom is -0.444 e. The van der Waals surface area contributed by atoms with Gasteiger partial charge in [-0.1, -0.05) is 6.92 Å². The molecule has 0 saturated heterocycles. The molecular weight excluding hydrogens is 206 g/mol. The average molecular weight is 227 g/mol. The molecule has 2 N–H and O–H groups in total. The Morgan fingerprint density at radius 2 is 2.06 bits per heavy atom. The van der Waals surface area contributed by atoms with Gasteiger partial charge in [0.2, 0.25) is 0 Å². The molecule has 4 heteroatoms. The third-order valence-electron chi connectivity index (χ3n) is 4.15. The van der Waals surface area contributed by atoms with Crippen LogP contribution < -0.4 is 5.32 Å². The maximum atomic E-state index is 11.6. The fourth-order valence-corrected chi connectivity index (χ4v) is 3.09. The first-order valence-corrected chi connectivity index (χ1v) is 5.85. The zero-order valence-corrected chi connectivity index (χ0v) is 10.5. The average Bonchev–Trinajstić information content (AvgIpc) is 2.08. The van der Waals surface area contributed by atoms with Crippen molar-refractivity contribution >= 4 is 6.09 Å². The fraction of sp³-hybridized carbons (Fsp3) is 0.917. The minimum absolute atomic E-state index is 0.0784. The highest BCUT2D eigenvalue weighted by molar-refractivity contribution is 5.70. The summed E-state index contributed by atoms with van der Waals surface area (Å²) in [7, 11) is 0. The molecule has 0 aromatic heterocycles. The molecule has 3 aliphatic carbocycles. The first kappa shape index (κ1) is 11.7. The summed E-state index contributed by atoms with van der Waals surface area (Å²) >= 11 is 0. The molecule has 0 spiro atoms. The molecule has 0 aromatic rings. The Morgan fingerprint density at radius 1 is 1.50 bits per heavy atom.